The third kappa shape index (κ3) is 3.26. The minimum atomic E-state index is -0.770. The maximum Gasteiger partial charge on any atom is 0.310 e. The highest BCUT2D eigenvalue weighted by molar-refractivity contribution is 6.33. The number of nitro groups is 1. The molecule has 0 saturated carbocycles. The van der Waals surface area contributed by atoms with Gasteiger partial charge in [0.2, 0.25) is 0 Å². The summed E-state index contributed by atoms with van der Waals surface area (Å²) in [5, 5.41) is 22.5. The fourth-order valence-electron chi connectivity index (χ4n) is 1.60. The Kier molecular flexibility index (Phi) is 4.04. The number of nitrogens with one attached hydrogen (secondary N) is 1. The maximum atomic E-state index is 12.9. The fraction of sp³-hybridized carbons (Fsp3) is 0. The lowest BCUT2D eigenvalue weighted by atomic mass is 10.1. The smallest absolute Gasteiger partial charge is 0.310 e. The van der Waals surface area contributed by atoms with E-state index in [-0.39, 0.29) is 16.3 Å². The lowest BCUT2D eigenvalue weighted by Gasteiger charge is -2.07. The van der Waals surface area contributed by atoms with Crippen LogP contribution in [0.4, 0.5) is 15.8 Å². The average Bonchev–Trinajstić information content (AvgIpc) is 2.41. The number of benzene rings is 2. The molecule has 108 valence electrons. The number of rotatable bonds is 3. The molecular formula is C13H8ClFN2O4. The van der Waals surface area contributed by atoms with E-state index in [9.17, 15) is 24.4 Å². The van der Waals surface area contributed by atoms with E-state index in [1.165, 1.54) is 12.1 Å². The van der Waals surface area contributed by atoms with Crippen LogP contribution in [-0.4, -0.2) is 15.9 Å². The number of anilines is 1. The van der Waals surface area contributed by atoms with Crippen molar-refractivity contribution in [3.05, 3.63) is 62.9 Å². The van der Waals surface area contributed by atoms with Gasteiger partial charge < -0.3 is 10.4 Å². The second kappa shape index (κ2) is 5.76. The fourth-order valence-corrected chi connectivity index (χ4v) is 1.82. The molecular weight excluding hydrogens is 303 g/mol. The highest BCUT2D eigenvalue weighted by atomic mass is 35.5. The van der Waals surface area contributed by atoms with Crippen LogP contribution in [0, 0.1) is 15.9 Å². The predicted molar refractivity (Wildman–Crippen MR) is 74.1 cm³/mol. The van der Waals surface area contributed by atoms with Crippen molar-refractivity contribution in [3.8, 4) is 5.75 Å². The van der Waals surface area contributed by atoms with Crippen LogP contribution in [0.15, 0.2) is 36.4 Å². The van der Waals surface area contributed by atoms with Crippen LogP contribution >= 0.6 is 11.6 Å². The number of phenolic OH excluding ortho intramolecular Hbond substituents is 1. The van der Waals surface area contributed by atoms with Gasteiger partial charge in [0.05, 0.1) is 15.6 Å². The molecule has 0 atom stereocenters. The van der Waals surface area contributed by atoms with E-state index >= 15 is 0 Å². The van der Waals surface area contributed by atoms with Gasteiger partial charge in [-0.15, -0.1) is 0 Å². The Hall–Kier alpha value is -2.67. The third-order valence-electron chi connectivity index (χ3n) is 2.61. The van der Waals surface area contributed by atoms with Gasteiger partial charge in [-0.1, -0.05) is 11.6 Å². The van der Waals surface area contributed by atoms with Crippen molar-refractivity contribution in [2.24, 2.45) is 0 Å². The van der Waals surface area contributed by atoms with Crippen LogP contribution in [-0.2, 0) is 0 Å². The minimum absolute atomic E-state index is 0.00140. The molecule has 6 nitrogen and oxygen atoms in total. The number of aromatic hydroxyl groups is 1. The number of nitro benzene ring substituents is 1. The Labute approximate surface area is 122 Å². The molecule has 0 aliphatic heterocycles. The number of halogens is 2. The first-order chi connectivity index (χ1) is 9.88. The molecule has 21 heavy (non-hydrogen) atoms. The third-order valence-corrected chi connectivity index (χ3v) is 2.93. The first-order valence-corrected chi connectivity index (χ1v) is 6.00. The second-order valence-corrected chi connectivity index (χ2v) is 4.45. The quantitative estimate of drug-likeness (QED) is 0.671. The molecule has 1 amide bonds. The van der Waals surface area contributed by atoms with E-state index in [4.69, 9.17) is 11.6 Å². The molecule has 2 aromatic rings. The zero-order valence-corrected chi connectivity index (χ0v) is 11.1. The van der Waals surface area contributed by atoms with E-state index in [1.807, 2.05) is 0 Å². The van der Waals surface area contributed by atoms with Crippen molar-refractivity contribution in [2.75, 3.05) is 5.32 Å². The molecule has 0 radical (unpaired) electrons. The van der Waals surface area contributed by atoms with Gasteiger partial charge in [0, 0.05) is 11.6 Å². The largest absolute Gasteiger partial charge is 0.502 e. The lowest BCUT2D eigenvalue weighted by Crippen LogP contribution is -2.12. The van der Waals surface area contributed by atoms with Crippen molar-refractivity contribution in [3.63, 3.8) is 0 Å². The Morgan fingerprint density at radius 2 is 2.00 bits per heavy atom. The molecule has 0 spiro atoms. The molecule has 2 rings (SSSR count). The molecule has 2 N–H and O–H groups in total. The summed E-state index contributed by atoms with van der Waals surface area (Å²) in [6.45, 7) is 0. The van der Waals surface area contributed by atoms with E-state index in [2.05, 4.69) is 5.32 Å². The monoisotopic (exact) mass is 310 g/mol. The van der Waals surface area contributed by atoms with E-state index in [0.717, 1.165) is 24.3 Å². The molecule has 0 fully saturated rings. The van der Waals surface area contributed by atoms with Crippen LogP contribution in [0.3, 0.4) is 0 Å². The van der Waals surface area contributed by atoms with Gasteiger partial charge in [0.25, 0.3) is 5.91 Å². The summed E-state index contributed by atoms with van der Waals surface area (Å²) < 4.78 is 12.9. The molecule has 8 heteroatoms. The summed E-state index contributed by atoms with van der Waals surface area (Å²) in [5.41, 5.74) is -0.328. The van der Waals surface area contributed by atoms with Gasteiger partial charge in [-0.2, -0.15) is 0 Å². The molecule has 2 aromatic carbocycles. The average molecular weight is 311 g/mol. The molecule has 0 saturated heterocycles. The molecule has 0 bridgehead atoms. The number of carbonyl (C=O) groups is 1. The van der Waals surface area contributed by atoms with Crippen LogP contribution in [0.2, 0.25) is 5.02 Å². The Morgan fingerprint density at radius 3 is 2.57 bits per heavy atom. The van der Waals surface area contributed by atoms with Gasteiger partial charge in [-0.3, -0.25) is 14.9 Å². The highest BCUT2D eigenvalue weighted by Crippen LogP contribution is 2.27. The standard InChI is InChI=1S/C13H8ClFN2O4/c14-9-6-8(15)2-3-10(9)16-13(19)7-1-4-11(17(20)21)12(18)5-7/h1-6,18H,(H,16,19). The van der Waals surface area contributed by atoms with Gasteiger partial charge in [-0.05, 0) is 30.3 Å². The topological polar surface area (TPSA) is 92.5 Å². The second-order valence-electron chi connectivity index (χ2n) is 4.04. The van der Waals surface area contributed by atoms with Crippen molar-refractivity contribution in [1.82, 2.24) is 0 Å². The SMILES string of the molecule is O=C(Nc1ccc(F)cc1Cl)c1ccc([N+](=O)[O-])c(O)c1. The number of hydrogen-bond donors (Lipinski definition) is 2. The summed E-state index contributed by atoms with van der Waals surface area (Å²) in [7, 11) is 0. The molecule has 0 heterocycles. The van der Waals surface area contributed by atoms with Gasteiger partial charge in [0.15, 0.2) is 5.75 Å². The number of nitrogens with zero attached hydrogens (tertiary/aromatic N) is 1. The summed E-state index contributed by atoms with van der Waals surface area (Å²) in [6, 6.07) is 6.59. The van der Waals surface area contributed by atoms with E-state index < -0.39 is 28.1 Å². The Bertz CT molecular complexity index is 736. The molecule has 0 unspecified atom stereocenters. The summed E-state index contributed by atoms with van der Waals surface area (Å²) >= 11 is 5.77. The summed E-state index contributed by atoms with van der Waals surface area (Å²) in [6.07, 6.45) is 0. The first-order valence-electron chi connectivity index (χ1n) is 5.62. The first kappa shape index (κ1) is 14.7. The van der Waals surface area contributed by atoms with Crippen LogP contribution < -0.4 is 5.32 Å². The zero-order valence-electron chi connectivity index (χ0n) is 10.3. The number of phenols is 1. The minimum Gasteiger partial charge on any atom is -0.502 e. The Morgan fingerprint density at radius 1 is 1.29 bits per heavy atom. The molecule has 0 aromatic heterocycles. The number of carbonyl (C=O) groups excluding carboxylic acids is 1. The van der Waals surface area contributed by atoms with Crippen molar-refractivity contribution in [2.45, 2.75) is 0 Å². The maximum absolute atomic E-state index is 12.9. The molecule has 0 aliphatic carbocycles. The van der Waals surface area contributed by atoms with Crippen molar-refractivity contribution < 1.29 is 19.2 Å². The van der Waals surface area contributed by atoms with Crippen LogP contribution in [0.1, 0.15) is 10.4 Å². The predicted octanol–water partition coefficient (Wildman–Crippen LogP) is 3.35. The zero-order chi connectivity index (χ0) is 15.6. The summed E-state index contributed by atoms with van der Waals surface area (Å²) in [4.78, 5) is 21.7. The van der Waals surface area contributed by atoms with Gasteiger partial charge in [0.1, 0.15) is 5.82 Å². The van der Waals surface area contributed by atoms with E-state index in [0.29, 0.717) is 0 Å². The highest BCUT2D eigenvalue weighted by Gasteiger charge is 2.16. The number of hydrogen-bond acceptors (Lipinski definition) is 4. The van der Waals surface area contributed by atoms with Crippen LogP contribution in [0.5, 0.6) is 5.75 Å². The van der Waals surface area contributed by atoms with Gasteiger partial charge >= 0.3 is 5.69 Å². The summed E-state index contributed by atoms with van der Waals surface area (Å²) in [5.74, 6) is -1.82. The Balaban J connectivity index is 2.24. The van der Waals surface area contributed by atoms with E-state index in [1.54, 1.807) is 0 Å². The molecule has 0 aliphatic rings. The number of amides is 1. The van der Waals surface area contributed by atoms with Crippen molar-refractivity contribution in [1.29, 1.82) is 0 Å². The van der Waals surface area contributed by atoms with Crippen LogP contribution in [0.25, 0.3) is 0 Å². The van der Waals surface area contributed by atoms with Gasteiger partial charge in [-0.25, -0.2) is 4.39 Å². The van der Waals surface area contributed by atoms with Crippen molar-refractivity contribution >= 4 is 28.9 Å². The normalized spacial score (nSPS) is 10.2. The lowest BCUT2D eigenvalue weighted by molar-refractivity contribution is -0.385.